The first-order chi connectivity index (χ1) is 11.6. The lowest BCUT2D eigenvalue weighted by molar-refractivity contribution is -0.133. The molecule has 1 atom stereocenters. The summed E-state index contributed by atoms with van der Waals surface area (Å²) in [7, 11) is 2.11. The van der Waals surface area contributed by atoms with Gasteiger partial charge < -0.3 is 9.80 Å². The summed E-state index contributed by atoms with van der Waals surface area (Å²) in [5, 5.41) is 0.702. The Balaban J connectivity index is 1.71. The van der Waals surface area contributed by atoms with E-state index in [0.717, 1.165) is 24.5 Å². The van der Waals surface area contributed by atoms with Crippen LogP contribution in [-0.4, -0.2) is 48.1 Å². The Morgan fingerprint density at radius 2 is 1.83 bits per heavy atom. The fourth-order valence-electron chi connectivity index (χ4n) is 2.96. The Kier molecular flexibility index (Phi) is 5.82. The summed E-state index contributed by atoms with van der Waals surface area (Å²) >= 11 is 7.69. The van der Waals surface area contributed by atoms with Crippen molar-refractivity contribution >= 4 is 29.3 Å². The van der Waals surface area contributed by atoms with Crippen LogP contribution in [0.25, 0.3) is 0 Å². The van der Waals surface area contributed by atoms with Crippen molar-refractivity contribution in [1.29, 1.82) is 0 Å². The molecule has 1 saturated heterocycles. The number of hydrogen-bond donors (Lipinski definition) is 0. The molecule has 3 nitrogen and oxygen atoms in total. The van der Waals surface area contributed by atoms with Crippen LogP contribution in [0, 0.1) is 0 Å². The number of nitrogens with zero attached hydrogens (tertiary/aromatic N) is 2. The van der Waals surface area contributed by atoms with Gasteiger partial charge in [0.25, 0.3) is 0 Å². The quantitative estimate of drug-likeness (QED) is 0.771. The fraction of sp³-hybridized carbons (Fsp3) is 0.316. The molecule has 0 spiro atoms. The normalized spacial score (nSPS) is 18.6. The smallest absolute Gasteiger partial charge is 0.233 e. The van der Waals surface area contributed by atoms with Crippen molar-refractivity contribution in [3.05, 3.63) is 65.2 Å². The molecule has 1 fully saturated rings. The molecule has 2 aromatic rings. The summed E-state index contributed by atoms with van der Waals surface area (Å²) < 4.78 is 0. The highest BCUT2D eigenvalue weighted by Crippen LogP contribution is 2.29. The minimum absolute atomic E-state index is 0.115. The third-order valence-corrected chi connectivity index (χ3v) is 5.78. The maximum atomic E-state index is 12.8. The largest absolute Gasteiger partial charge is 0.332 e. The minimum atomic E-state index is 0.115. The van der Waals surface area contributed by atoms with E-state index in [4.69, 9.17) is 11.6 Å². The van der Waals surface area contributed by atoms with Crippen LogP contribution in [0.3, 0.4) is 0 Å². The van der Waals surface area contributed by atoms with Crippen molar-refractivity contribution < 1.29 is 4.79 Å². The number of piperazine rings is 1. The molecule has 3 rings (SSSR count). The standard InChI is InChI=1S/C19H21ClN2OS/c1-21-11-12-22(17(13-21)15-7-3-2-4-8-15)19(23)14-24-18-10-6-5-9-16(18)20/h2-10,17H,11-14H2,1H3/t17-/m1/s1. The van der Waals surface area contributed by atoms with Gasteiger partial charge in [-0.2, -0.15) is 0 Å². The van der Waals surface area contributed by atoms with Crippen LogP contribution in [0.2, 0.25) is 5.02 Å². The van der Waals surface area contributed by atoms with E-state index < -0.39 is 0 Å². The van der Waals surface area contributed by atoms with Gasteiger partial charge in [-0.1, -0.05) is 54.1 Å². The maximum absolute atomic E-state index is 12.8. The highest BCUT2D eigenvalue weighted by molar-refractivity contribution is 8.00. The van der Waals surface area contributed by atoms with Crippen LogP contribution in [0.4, 0.5) is 0 Å². The molecule has 0 bridgehead atoms. The summed E-state index contributed by atoms with van der Waals surface area (Å²) in [6, 6.07) is 18.1. The molecule has 0 unspecified atom stereocenters. The van der Waals surface area contributed by atoms with Crippen LogP contribution in [0.15, 0.2) is 59.5 Å². The molecular formula is C19H21ClN2OS. The monoisotopic (exact) mass is 360 g/mol. The lowest BCUT2D eigenvalue weighted by Crippen LogP contribution is -2.49. The van der Waals surface area contributed by atoms with Crippen LogP contribution in [0.5, 0.6) is 0 Å². The number of halogens is 1. The number of benzene rings is 2. The van der Waals surface area contributed by atoms with Crippen molar-refractivity contribution in [2.75, 3.05) is 32.4 Å². The van der Waals surface area contributed by atoms with Crippen molar-refractivity contribution in [3.63, 3.8) is 0 Å². The second-order valence-electron chi connectivity index (χ2n) is 5.99. The summed E-state index contributed by atoms with van der Waals surface area (Å²) in [6.07, 6.45) is 0. The van der Waals surface area contributed by atoms with E-state index in [1.165, 1.54) is 17.3 Å². The number of carbonyl (C=O) groups excluding carboxylic acids is 1. The fourth-order valence-corrected chi connectivity index (χ4v) is 4.09. The molecule has 5 heteroatoms. The van der Waals surface area contributed by atoms with Gasteiger partial charge in [0.05, 0.1) is 16.8 Å². The average Bonchev–Trinajstić information content (AvgIpc) is 2.61. The van der Waals surface area contributed by atoms with Crippen LogP contribution in [-0.2, 0) is 4.79 Å². The highest BCUT2D eigenvalue weighted by atomic mass is 35.5. The molecule has 0 saturated carbocycles. The molecule has 0 aliphatic carbocycles. The van der Waals surface area contributed by atoms with Gasteiger partial charge in [0.15, 0.2) is 0 Å². The Morgan fingerprint density at radius 1 is 1.12 bits per heavy atom. The Labute approximate surface area is 152 Å². The lowest BCUT2D eigenvalue weighted by atomic mass is 10.0. The topological polar surface area (TPSA) is 23.6 Å². The number of amides is 1. The summed E-state index contributed by atoms with van der Waals surface area (Å²) in [6.45, 7) is 2.54. The van der Waals surface area contributed by atoms with E-state index in [2.05, 4.69) is 24.1 Å². The predicted octanol–water partition coefficient (Wildman–Crippen LogP) is 3.95. The average molecular weight is 361 g/mol. The molecule has 0 N–H and O–H groups in total. The van der Waals surface area contributed by atoms with Crippen LogP contribution < -0.4 is 0 Å². The zero-order valence-electron chi connectivity index (χ0n) is 13.7. The molecule has 1 aliphatic rings. The minimum Gasteiger partial charge on any atom is -0.332 e. The number of hydrogen-bond acceptors (Lipinski definition) is 3. The first-order valence-electron chi connectivity index (χ1n) is 8.05. The third-order valence-electron chi connectivity index (χ3n) is 4.28. The lowest BCUT2D eigenvalue weighted by Gasteiger charge is -2.40. The molecule has 0 aromatic heterocycles. The zero-order valence-corrected chi connectivity index (χ0v) is 15.3. The molecule has 1 amide bonds. The number of thioether (sulfide) groups is 1. The van der Waals surface area contributed by atoms with Gasteiger partial charge in [0, 0.05) is 24.5 Å². The SMILES string of the molecule is CN1CCN(C(=O)CSc2ccccc2Cl)[C@@H](c2ccccc2)C1. The van der Waals surface area contributed by atoms with Crippen molar-refractivity contribution in [3.8, 4) is 0 Å². The van der Waals surface area contributed by atoms with Crippen molar-refractivity contribution in [2.45, 2.75) is 10.9 Å². The summed E-state index contributed by atoms with van der Waals surface area (Å²) in [5.74, 6) is 0.582. The van der Waals surface area contributed by atoms with E-state index in [1.54, 1.807) is 0 Å². The predicted molar refractivity (Wildman–Crippen MR) is 101 cm³/mol. The van der Waals surface area contributed by atoms with Crippen LogP contribution >= 0.6 is 23.4 Å². The van der Waals surface area contributed by atoms with Gasteiger partial charge in [-0.05, 0) is 24.7 Å². The molecule has 24 heavy (non-hydrogen) atoms. The Morgan fingerprint density at radius 3 is 2.58 bits per heavy atom. The third kappa shape index (κ3) is 4.12. The van der Waals surface area contributed by atoms with Gasteiger partial charge >= 0.3 is 0 Å². The van der Waals surface area contributed by atoms with Gasteiger partial charge in [0.2, 0.25) is 5.91 Å². The molecule has 0 radical (unpaired) electrons. The summed E-state index contributed by atoms with van der Waals surface area (Å²) in [5.41, 5.74) is 1.19. The van der Waals surface area contributed by atoms with Gasteiger partial charge in [0.1, 0.15) is 0 Å². The molecular weight excluding hydrogens is 340 g/mol. The summed E-state index contributed by atoms with van der Waals surface area (Å²) in [4.78, 5) is 18.1. The van der Waals surface area contributed by atoms with E-state index in [0.29, 0.717) is 10.8 Å². The molecule has 126 valence electrons. The van der Waals surface area contributed by atoms with E-state index >= 15 is 0 Å². The van der Waals surface area contributed by atoms with Crippen molar-refractivity contribution in [1.82, 2.24) is 9.80 Å². The number of likely N-dealkylation sites (N-methyl/N-ethyl adjacent to an activating group) is 1. The van der Waals surface area contributed by atoms with Gasteiger partial charge in [-0.15, -0.1) is 11.8 Å². The van der Waals surface area contributed by atoms with E-state index in [-0.39, 0.29) is 11.9 Å². The molecule has 1 aliphatic heterocycles. The van der Waals surface area contributed by atoms with E-state index in [9.17, 15) is 4.79 Å². The first kappa shape index (κ1) is 17.3. The second-order valence-corrected chi connectivity index (χ2v) is 7.42. The zero-order chi connectivity index (χ0) is 16.9. The van der Waals surface area contributed by atoms with Crippen molar-refractivity contribution in [2.24, 2.45) is 0 Å². The Hall–Kier alpha value is -1.49. The Bertz CT molecular complexity index is 695. The van der Waals surface area contributed by atoms with Crippen LogP contribution in [0.1, 0.15) is 11.6 Å². The molecule has 1 heterocycles. The first-order valence-corrected chi connectivity index (χ1v) is 9.42. The second kappa shape index (κ2) is 8.06. The maximum Gasteiger partial charge on any atom is 0.233 e. The number of rotatable bonds is 4. The number of carbonyl (C=O) groups is 1. The van der Waals surface area contributed by atoms with Gasteiger partial charge in [-0.3, -0.25) is 4.79 Å². The molecule has 2 aromatic carbocycles. The van der Waals surface area contributed by atoms with E-state index in [1.807, 2.05) is 47.4 Å². The van der Waals surface area contributed by atoms with Gasteiger partial charge in [-0.25, -0.2) is 0 Å². The highest BCUT2D eigenvalue weighted by Gasteiger charge is 2.29.